The molecule has 7 nitrogen and oxygen atoms in total. The van der Waals surface area contributed by atoms with Gasteiger partial charge in [-0.05, 0) is 20.8 Å². The maximum Gasteiger partial charge on any atom is 0.274 e. The molecule has 2 atom stereocenters. The largest absolute Gasteiger partial charge is 0.384 e. The van der Waals surface area contributed by atoms with Gasteiger partial charge in [0, 0.05) is 25.6 Å². The quantitative estimate of drug-likeness (QED) is 0.885. The molecule has 3 rings (SSSR count). The van der Waals surface area contributed by atoms with E-state index >= 15 is 0 Å². The van der Waals surface area contributed by atoms with E-state index in [2.05, 4.69) is 5.10 Å². The van der Waals surface area contributed by atoms with Gasteiger partial charge in [-0.2, -0.15) is 5.10 Å². The van der Waals surface area contributed by atoms with Crippen molar-refractivity contribution in [3.8, 4) is 0 Å². The van der Waals surface area contributed by atoms with E-state index in [4.69, 9.17) is 9.47 Å². The number of likely N-dealkylation sites (tertiary alicyclic amines) is 1. The van der Waals surface area contributed by atoms with Gasteiger partial charge in [-0.1, -0.05) is 0 Å². The summed E-state index contributed by atoms with van der Waals surface area (Å²) in [6, 6.07) is 0. The van der Waals surface area contributed by atoms with Gasteiger partial charge < -0.3 is 19.5 Å². The van der Waals surface area contributed by atoms with Crippen LogP contribution >= 0.6 is 0 Å². The second-order valence-corrected chi connectivity index (χ2v) is 6.64. The normalized spacial score (nSPS) is 25.9. The van der Waals surface area contributed by atoms with Crippen molar-refractivity contribution in [2.45, 2.75) is 51.5 Å². The highest BCUT2D eigenvalue weighted by Crippen LogP contribution is 2.33. The van der Waals surface area contributed by atoms with E-state index in [9.17, 15) is 9.90 Å². The Morgan fingerprint density at radius 1 is 1.48 bits per heavy atom. The average molecular weight is 323 g/mol. The van der Waals surface area contributed by atoms with E-state index in [1.54, 1.807) is 12.0 Å². The number of rotatable bonds is 4. The van der Waals surface area contributed by atoms with E-state index in [0.29, 0.717) is 18.7 Å². The van der Waals surface area contributed by atoms with Gasteiger partial charge in [0.2, 0.25) is 0 Å². The lowest BCUT2D eigenvalue weighted by Crippen LogP contribution is -2.65. The van der Waals surface area contributed by atoms with Crippen molar-refractivity contribution in [1.29, 1.82) is 0 Å². The molecule has 0 radical (unpaired) electrons. The third-order valence-electron chi connectivity index (χ3n) is 4.58. The van der Waals surface area contributed by atoms with Crippen LogP contribution in [0, 0.1) is 0 Å². The van der Waals surface area contributed by atoms with Crippen LogP contribution in [0.2, 0.25) is 0 Å². The highest BCUT2D eigenvalue weighted by Gasteiger charge is 2.45. The SMILES string of the molecule is CCn1nc(C(=O)N2CC(O)(COC)C2)c2c1[C@H](C)O[C@H](C)C2. The molecule has 7 heteroatoms. The number of hydrogen-bond donors (Lipinski definition) is 1. The summed E-state index contributed by atoms with van der Waals surface area (Å²) in [5.74, 6) is -0.115. The first-order valence-electron chi connectivity index (χ1n) is 8.14. The number of β-amino-alcohol motifs (C(OH)–C–C–N with tert-alkyl or cyclic N) is 1. The van der Waals surface area contributed by atoms with Crippen molar-refractivity contribution >= 4 is 5.91 Å². The summed E-state index contributed by atoms with van der Waals surface area (Å²) in [6.45, 7) is 7.53. The molecule has 1 fully saturated rings. The number of ether oxygens (including phenoxy) is 2. The summed E-state index contributed by atoms with van der Waals surface area (Å²) in [7, 11) is 1.55. The molecule has 23 heavy (non-hydrogen) atoms. The molecule has 0 aliphatic carbocycles. The standard InChI is InChI=1S/C16H25N3O4/c1-5-19-14-11(3)23-10(2)6-12(14)13(17-19)15(20)18-7-16(21,8-18)9-22-4/h10-11,21H,5-9H2,1-4H3/t10-,11+/m1/s1. The number of aliphatic hydroxyl groups is 1. The van der Waals surface area contributed by atoms with Crippen LogP contribution in [0.15, 0.2) is 0 Å². The smallest absolute Gasteiger partial charge is 0.274 e. The van der Waals surface area contributed by atoms with Gasteiger partial charge in [-0.15, -0.1) is 0 Å². The summed E-state index contributed by atoms with van der Waals surface area (Å²) in [6.07, 6.45) is 0.696. The lowest BCUT2D eigenvalue weighted by molar-refractivity contribution is -0.118. The van der Waals surface area contributed by atoms with Crippen LogP contribution in [-0.2, 0) is 22.4 Å². The van der Waals surface area contributed by atoms with Crippen LogP contribution in [0.5, 0.6) is 0 Å². The Hall–Kier alpha value is -1.44. The van der Waals surface area contributed by atoms with E-state index < -0.39 is 5.60 Å². The van der Waals surface area contributed by atoms with Crippen molar-refractivity contribution < 1.29 is 19.4 Å². The van der Waals surface area contributed by atoms with E-state index in [1.165, 1.54) is 0 Å². The topological polar surface area (TPSA) is 76.8 Å². The van der Waals surface area contributed by atoms with Crippen LogP contribution in [0.1, 0.15) is 48.6 Å². The van der Waals surface area contributed by atoms with Crippen LogP contribution in [0.25, 0.3) is 0 Å². The Bertz CT molecular complexity index is 607. The van der Waals surface area contributed by atoms with Gasteiger partial charge in [0.05, 0.1) is 37.6 Å². The predicted octanol–water partition coefficient (Wildman–Crippen LogP) is 0.758. The Labute approximate surface area is 136 Å². The Balaban J connectivity index is 1.85. The molecule has 1 amide bonds. The first-order valence-corrected chi connectivity index (χ1v) is 8.14. The first kappa shape index (κ1) is 16.4. The molecule has 0 saturated carbocycles. The molecule has 3 heterocycles. The van der Waals surface area contributed by atoms with Gasteiger partial charge in [-0.25, -0.2) is 0 Å². The monoisotopic (exact) mass is 323 g/mol. The fourth-order valence-corrected chi connectivity index (χ4v) is 3.65. The predicted molar refractivity (Wildman–Crippen MR) is 83.3 cm³/mol. The number of carbonyl (C=O) groups excluding carboxylic acids is 1. The maximum atomic E-state index is 12.8. The lowest BCUT2D eigenvalue weighted by Gasteiger charge is -2.45. The highest BCUT2D eigenvalue weighted by molar-refractivity contribution is 5.95. The first-order chi connectivity index (χ1) is 10.9. The van der Waals surface area contributed by atoms with E-state index in [0.717, 1.165) is 11.3 Å². The number of aryl methyl sites for hydroxylation is 1. The Morgan fingerprint density at radius 3 is 2.78 bits per heavy atom. The fourth-order valence-electron chi connectivity index (χ4n) is 3.65. The molecular formula is C16H25N3O4. The van der Waals surface area contributed by atoms with Crippen LogP contribution in [0.4, 0.5) is 0 Å². The van der Waals surface area contributed by atoms with Crippen LogP contribution in [0.3, 0.4) is 0 Å². The van der Waals surface area contributed by atoms with Gasteiger partial charge in [-0.3, -0.25) is 9.48 Å². The molecule has 1 aromatic heterocycles. The summed E-state index contributed by atoms with van der Waals surface area (Å²) in [5.41, 5.74) is 1.57. The Kier molecular flexibility index (Phi) is 4.20. The minimum Gasteiger partial charge on any atom is -0.384 e. The minimum absolute atomic E-state index is 0.0652. The number of amides is 1. The van der Waals surface area contributed by atoms with Crippen molar-refractivity contribution in [3.63, 3.8) is 0 Å². The zero-order valence-electron chi connectivity index (χ0n) is 14.2. The summed E-state index contributed by atoms with van der Waals surface area (Å²) >= 11 is 0. The van der Waals surface area contributed by atoms with Gasteiger partial charge in [0.1, 0.15) is 5.60 Å². The second kappa shape index (κ2) is 5.89. The molecule has 2 aliphatic rings. The lowest BCUT2D eigenvalue weighted by atomic mass is 9.93. The summed E-state index contributed by atoms with van der Waals surface area (Å²) in [5, 5.41) is 14.7. The second-order valence-electron chi connectivity index (χ2n) is 6.64. The molecule has 2 aliphatic heterocycles. The minimum atomic E-state index is -0.929. The van der Waals surface area contributed by atoms with E-state index in [-0.39, 0.29) is 37.8 Å². The molecule has 0 aromatic carbocycles. The molecule has 0 spiro atoms. The van der Waals surface area contributed by atoms with Crippen molar-refractivity contribution in [1.82, 2.24) is 14.7 Å². The average Bonchev–Trinajstić information content (AvgIpc) is 2.83. The van der Waals surface area contributed by atoms with Crippen molar-refractivity contribution in [3.05, 3.63) is 17.0 Å². The number of hydrogen-bond acceptors (Lipinski definition) is 5. The number of methoxy groups -OCH3 is 1. The number of carbonyl (C=O) groups is 1. The molecule has 128 valence electrons. The van der Waals surface area contributed by atoms with Gasteiger partial charge in [0.15, 0.2) is 5.69 Å². The zero-order valence-corrected chi connectivity index (χ0v) is 14.2. The fraction of sp³-hybridized carbons (Fsp3) is 0.750. The molecule has 0 bridgehead atoms. The van der Waals surface area contributed by atoms with Crippen LogP contribution in [-0.4, -0.2) is 64.2 Å². The third-order valence-corrected chi connectivity index (χ3v) is 4.58. The van der Waals surface area contributed by atoms with Gasteiger partial charge in [0.25, 0.3) is 5.91 Å². The van der Waals surface area contributed by atoms with E-state index in [1.807, 2.05) is 25.5 Å². The van der Waals surface area contributed by atoms with Gasteiger partial charge >= 0.3 is 0 Å². The third kappa shape index (κ3) is 2.77. The number of fused-ring (bicyclic) bond motifs is 1. The summed E-state index contributed by atoms with van der Waals surface area (Å²) < 4.78 is 12.7. The Morgan fingerprint density at radius 2 is 2.17 bits per heavy atom. The van der Waals surface area contributed by atoms with Crippen molar-refractivity contribution in [2.75, 3.05) is 26.8 Å². The molecular weight excluding hydrogens is 298 g/mol. The summed E-state index contributed by atoms with van der Waals surface area (Å²) in [4.78, 5) is 14.4. The number of aromatic nitrogens is 2. The molecule has 0 unspecified atom stereocenters. The maximum absolute atomic E-state index is 12.8. The van der Waals surface area contributed by atoms with Crippen LogP contribution < -0.4 is 0 Å². The zero-order chi connectivity index (χ0) is 16.8. The van der Waals surface area contributed by atoms with Crippen molar-refractivity contribution in [2.24, 2.45) is 0 Å². The highest BCUT2D eigenvalue weighted by atomic mass is 16.5. The molecule has 1 saturated heterocycles. The number of nitrogens with zero attached hydrogens (tertiary/aromatic N) is 3. The molecule has 1 N–H and O–H groups in total. The molecule has 1 aromatic rings.